The number of ether oxygens (including phenoxy) is 1. The maximum absolute atomic E-state index is 13.2. The highest BCUT2D eigenvalue weighted by molar-refractivity contribution is 5.78. The van der Waals surface area contributed by atoms with Crippen LogP contribution in [0.5, 0.6) is 0 Å². The van der Waals surface area contributed by atoms with Gasteiger partial charge in [-0.2, -0.15) is 0 Å². The highest BCUT2D eigenvalue weighted by Gasteiger charge is 2.23. The van der Waals surface area contributed by atoms with E-state index in [-0.39, 0.29) is 24.9 Å². The number of carbonyl (C=O) groups is 2. The van der Waals surface area contributed by atoms with Crippen molar-refractivity contribution >= 4 is 11.9 Å². The Bertz CT molecular complexity index is 1200. The summed E-state index contributed by atoms with van der Waals surface area (Å²) in [7, 11) is 0. The van der Waals surface area contributed by atoms with Crippen LogP contribution in [0.4, 0.5) is 0 Å². The van der Waals surface area contributed by atoms with Crippen molar-refractivity contribution in [2.75, 3.05) is 6.61 Å². The number of esters is 1. The van der Waals surface area contributed by atoms with E-state index in [0.717, 1.165) is 64.2 Å². The van der Waals surface area contributed by atoms with Gasteiger partial charge in [-0.15, -0.1) is 0 Å². The molecule has 0 aromatic carbocycles. The first-order valence-electron chi connectivity index (χ1n) is 27.7. The standard InChI is InChI=1S/C59H105NO5/c1-4-7-10-13-16-19-22-25-27-28-29-30-31-34-37-40-43-46-49-52-59(64)65-55(50-47-44-41-38-35-33-26-23-20-17-14-11-8-5-2)53-58(63)60-56(54-61)57(62)51-48-45-42-39-36-32-24-21-18-15-12-9-6-3/h8,11,17,20,25-27,33,38,41,47,50,55-57,61-62H,4-7,9-10,12-16,18-19,21-24,28-32,34-37,39-40,42-46,48-49,51-54H2,1-3H3,(H,60,63)/b11-8+,20-17+,27-25+,33-26+,41-38+,50-47+. The second-order valence-electron chi connectivity index (χ2n) is 18.6. The zero-order chi connectivity index (χ0) is 47.4. The van der Waals surface area contributed by atoms with Crippen LogP contribution < -0.4 is 5.32 Å². The Morgan fingerprint density at radius 1 is 0.477 bits per heavy atom. The normalized spacial score (nSPS) is 13.7. The number of allylic oxidation sites excluding steroid dienone is 11. The molecule has 3 atom stereocenters. The lowest BCUT2D eigenvalue weighted by atomic mass is 10.0. The molecule has 0 spiro atoms. The number of rotatable bonds is 49. The highest BCUT2D eigenvalue weighted by atomic mass is 16.5. The van der Waals surface area contributed by atoms with Gasteiger partial charge in [-0.25, -0.2) is 0 Å². The summed E-state index contributed by atoms with van der Waals surface area (Å²) in [6.07, 6.45) is 67.1. The Balaban J connectivity index is 4.65. The van der Waals surface area contributed by atoms with E-state index in [0.29, 0.717) is 19.3 Å². The van der Waals surface area contributed by atoms with E-state index < -0.39 is 18.2 Å². The zero-order valence-electron chi connectivity index (χ0n) is 42.9. The summed E-state index contributed by atoms with van der Waals surface area (Å²) >= 11 is 0. The molecule has 65 heavy (non-hydrogen) atoms. The number of hydrogen-bond donors (Lipinski definition) is 3. The minimum Gasteiger partial charge on any atom is -0.458 e. The van der Waals surface area contributed by atoms with E-state index in [1.165, 1.54) is 154 Å². The third kappa shape index (κ3) is 47.6. The molecule has 0 aromatic rings. The summed E-state index contributed by atoms with van der Waals surface area (Å²) < 4.78 is 5.84. The topological polar surface area (TPSA) is 95.9 Å². The summed E-state index contributed by atoms with van der Waals surface area (Å²) in [6.45, 7) is 6.34. The van der Waals surface area contributed by atoms with Crippen LogP contribution in [0.1, 0.15) is 265 Å². The minimum atomic E-state index is -0.821. The number of aliphatic hydroxyl groups is 2. The molecule has 0 aliphatic rings. The van der Waals surface area contributed by atoms with Gasteiger partial charge in [0.15, 0.2) is 0 Å². The lowest BCUT2D eigenvalue weighted by Crippen LogP contribution is -2.46. The molecule has 0 saturated carbocycles. The summed E-state index contributed by atoms with van der Waals surface area (Å²) in [5, 5.41) is 23.7. The first-order valence-corrected chi connectivity index (χ1v) is 27.7. The SMILES string of the molecule is CC/C=C/C/C=C/C/C=C/C/C=C/C/C=C/C(CC(=O)NC(CO)C(O)CCCCCCCCCCCCCCC)OC(=O)CCCCCCCCCCC/C=C/CCCCCCCC. The van der Waals surface area contributed by atoms with Crippen LogP contribution in [0.25, 0.3) is 0 Å². The Kier molecular flexibility index (Phi) is 50.1. The van der Waals surface area contributed by atoms with E-state index in [1.807, 2.05) is 6.08 Å². The summed E-state index contributed by atoms with van der Waals surface area (Å²) in [5.74, 6) is -0.627. The molecule has 3 N–H and O–H groups in total. The van der Waals surface area contributed by atoms with Crippen molar-refractivity contribution in [2.24, 2.45) is 0 Å². The van der Waals surface area contributed by atoms with Gasteiger partial charge in [0, 0.05) is 6.42 Å². The minimum absolute atomic E-state index is 0.0477. The predicted octanol–water partition coefficient (Wildman–Crippen LogP) is 17.0. The van der Waals surface area contributed by atoms with Gasteiger partial charge in [0.25, 0.3) is 0 Å². The van der Waals surface area contributed by atoms with Gasteiger partial charge < -0.3 is 20.3 Å². The van der Waals surface area contributed by atoms with Crippen LogP contribution in [-0.2, 0) is 14.3 Å². The second kappa shape index (κ2) is 52.3. The maximum atomic E-state index is 13.2. The number of aliphatic hydroxyl groups excluding tert-OH is 2. The van der Waals surface area contributed by atoms with E-state index in [9.17, 15) is 19.8 Å². The number of amides is 1. The Hall–Kier alpha value is -2.70. The molecular formula is C59H105NO5. The molecule has 0 radical (unpaired) electrons. The zero-order valence-corrected chi connectivity index (χ0v) is 42.9. The molecule has 0 aliphatic heterocycles. The van der Waals surface area contributed by atoms with Crippen molar-refractivity contribution in [3.05, 3.63) is 72.9 Å². The molecule has 6 heteroatoms. The van der Waals surface area contributed by atoms with Gasteiger partial charge in [0.2, 0.25) is 5.91 Å². The fraction of sp³-hybridized carbons (Fsp3) is 0.763. The summed E-state index contributed by atoms with van der Waals surface area (Å²) in [6, 6.07) is -0.744. The van der Waals surface area contributed by atoms with Crippen LogP contribution in [-0.4, -0.2) is 46.9 Å². The fourth-order valence-electron chi connectivity index (χ4n) is 8.09. The van der Waals surface area contributed by atoms with E-state index in [1.54, 1.807) is 6.08 Å². The van der Waals surface area contributed by atoms with Crippen LogP contribution >= 0.6 is 0 Å². The molecule has 0 aliphatic carbocycles. The van der Waals surface area contributed by atoms with Crippen molar-refractivity contribution in [1.82, 2.24) is 5.32 Å². The van der Waals surface area contributed by atoms with Crippen molar-refractivity contribution in [3.63, 3.8) is 0 Å². The van der Waals surface area contributed by atoms with Crippen molar-refractivity contribution in [2.45, 2.75) is 283 Å². The van der Waals surface area contributed by atoms with Crippen LogP contribution in [0.2, 0.25) is 0 Å². The maximum Gasteiger partial charge on any atom is 0.306 e. The van der Waals surface area contributed by atoms with Gasteiger partial charge in [-0.3, -0.25) is 9.59 Å². The van der Waals surface area contributed by atoms with E-state index >= 15 is 0 Å². The molecule has 1 amide bonds. The first-order chi connectivity index (χ1) is 32.0. The monoisotopic (exact) mass is 908 g/mol. The van der Waals surface area contributed by atoms with Crippen LogP contribution in [0.3, 0.4) is 0 Å². The Morgan fingerprint density at radius 2 is 0.862 bits per heavy atom. The molecule has 0 rings (SSSR count). The number of hydrogen-bond acceptors (Lipinski definition) is 5. The van der Waals surface area contributed by atoms with Gasteiger partial charge in [0.05, 0.1) is 25.2 Å². The Labute approximate surface area is 402 Å². The lowest BCUT2D eigenvalue weighted by molar-refractivity contribution is -0.148. The lowest BCUT2D eigenvalue weighted by Gasteiger charge is -2.23. The average Bonchev–Trinajstić information content (AvgIpc) is 3.30. The average molecular weight is 908 g/mol. The first kappa shape index (κ1) is 62.3. The molecule has 3 unspecified atom stereocenters. The van der Waals surface area contributed by atoms with E-state index in [4.69, 9.17) is 4.74 Å². The largest absolute Gasteiger partial charge is 0.458 e. The van der Waals surface area contributed by atoms with Crippen molar-refractivity contribution in [3.8, 4) is 0 Å². The summed E-state index contributed by atoms with van der Waals surface area (Å²) in [5.41, 5.74) is 0. The van der Waals surface area contributed by atoms with Gasteiger partial charge >= 0.3 is 5.97 Å². The van der Waals surface area contributed by atoms with E-state index in [2.05, 4.69) is 86.8 Å². The fourth-order valence-corrected chi connectivity index (χ4v) is 8.09. The van der Waals surface area contributed by atoms with Gasteiger partial charge in [0.1, 0.15) is 6.10 Å². The molecule has 0 aromatic heterocycles. The molecular weight excluding hydrogens is 803 g/mol. The van der Waals surface area contributed by atoms with Crippen molar-refractivity contribution < 1.29 is 24.5 Å². The smallest absolute Gasteiger partial charge is 0.306 e. The third-order valence-electron chi connectivity index (χ3n) is 12.3. The van der Waals surface area contributed by atoms with Crippen LogP contribution in [0, 0.1) is 0 Å². The molecule has 0 fully saturated rings. The van der Waals surface area contributed by atoms with Crippen LogP contribution in [0.15, 0.2) is 72.9 Å². The molecule has 0 bridgehead atoms. The molecule has 0 heterocycles. The molecule has 6 nitrogen and oxygen atoms in total. The number of carbonyl (C=O) groups excluding carboxylic acids is 2. The number of unbranched alkanes of at least 4 members (excludes halogenated alkanes) is 27. The van der Waals surface area contributed by atoms with Crippen molar-refractivity contribution in [1.29, 1.82) is 0 Å². The quantitative estimate of drug-likeness (QED) is 0.0321. The van der Waals surface area contributed by atoms with Gasteiger partial charge in [-0.1, -0.05) is 248 Å². The predicted molar refractivity (Wildman–Crippen MR) is 282 cm³/mol. The second-order valence-corrected chi connectivity index (χ2v) is 18.6. The molecule has 0 saturated heterocycles. The van der Waals surface area contributed by atoms with Gasteiger partial charge in [-0.05, 0) is 76.7 Å². The highest BCUT2D eigenvalue weighted by Crippen LogP contribution is 2.16. The Morgan fingerprint density at radius 3 is 1.29 bits per heavy atom. The molecule has 376 valence electrons. The number of nitrogens with one attached hydrogen (secondary N) is 1. The summed E-state index contributed by atoms with van der Waals surface area (Å²) in [4.78, 5) is 26.1. The third-order valence-corrected chi connectivity index (χ3v) is 12.3.